The SMILES string of the molecule is CCC=C(C#N)C(=O)OOCCOCCC. The van der Waals surface area contributed by atoms with Crippen LogP contribution in [0.3, 0.4) is 0 Å². The second-order valence-electron chi connectivity index (χ2n) is 2.94. The number of nitrogens with zero attached hydrogens (tertiary/aromatic N) is 1. The molecule has 5 heteroatoms. The monoisotopic (exact) mass is 227 g/mol. The van der Waals surface area contributed by atoms with E-state index < -0.39 is 5.97 Å². The molecule has 0 aliphatic carbocycles. The van der Waals surface area contributed by atoms with Crippen molar-refractivity contribution in [3.05, 3.63) is 11.6 Å². The highest BCUT2D eigenvalue weighted by molar-refractivity contribution is 5.92. The van der Waals surface area contributed by atoms with Gasteiger partial charge in [0.05, 0.1) is 6.61 Å². The fourth-order valence-electron chi connectivity index (χ4n) is 0.858. The number of carbonyl (C=O) groups excluding carboxylic acids is 1. The molecule has 0 spiro atoms. The second-order valence-corrected chi connectivity index (χ2v) is 2.94. The zero-order valence-corrected chi connectivity index (χ0v) is 9.69. The van der Waals surface area contributed by atoms with Crippen LogP contribution >= 0.6 is 0 Å². The van der Waals surface area contributed by atoms with Crippen molar-refractivity contribution in [1.82, 2.24) is 0 Å². The average molecular weight is 227 g/mol. The van der Waals surface area contributed by atoms with Gasteiger partial charge in [0, 0.05) is 6.61 Å². The number of carbonyl (C=O) groups is 1. The van der Waals surface area contributed by atoms with E-state index in [4.69, 9.17) is 10.00 Å². The van der Waals surface area contributed by atoms with Crippen LogP contribution < -0.4 is 0 Å². The molecule has 0 unspecified atom stereocenters. The van der Waals surface area contributed by atoms with Crippen LogP contribution in [0.15, 0.2) is 11.6 Å². The van der Waals surface area contributed by atoms with Gasteiger partial charge in [-0.15, -0.1) is 0 Å². The zero-order chi connectivity index (χ0) is 12.2. The number of allylic oxidation sites excluding steroid dienone is 1. The Labute approximate surface area is 95.5 Å². The highest BCUT2D eigenvalue weighted by atomic mass is 17.2. The molecule has 0 fully saturated rings. The van der Waals surface area contributed by atoms with Gasteiger partial charge in [-0.3, -0.25) is 4.89 Å². The topological polar surface area (TPSA) is 68.6 Å². The number of hydrogen-bond donors (Lipinski definition) is 0. The molecular weight excluding hydrogens is 210 g/mol. The standard InChI is InChI=1S/C11H17NO4/c1-3-5-10(9-12)11(13)16-15-8-7-14-6-4-2/h5H,3-4,6-8H2,1-2H3. The van der Waals surface area contributed by atoms with Gasteiger partial charge in [-0.05, 0) is 12.8 Å². The largest absolute Gasteiger partial charge is 0.383 e. The lowest BCUT2D eigenvalue weighted by molar-refractivity contribution is -0.272. The number of nitriles is 1. The molecule has 0 aliphatic rings. The van der Waals surface area contributed by atoms with Crippen molar-refractivity contribution in [2.24, 2.45) is 0 Å². The summed E-state index contributed by atoms with van der Waals surface area (Å²) < 4.78 is 5.10. The molecule has 0 amide bonds. The molecule has 0 aliphatic heterocycles. The van der Waals surface area contributed by atoms with Crippen LogP contribution in [0.2, 0.25) is 0 Å². The van der Waals surface area contributed by atoms with Crippen LogP contribution in [0.5, 0.6) is 0 Å². The highest BCUT2D eigenvalue weighted by Crippen LogP contribution is 1.99. The van der Waals surface area contributed by atoms with Gasteiger partial charge in [-0.2, -0.15) is 10.1 Å². The van der Waals surface area contributed by atoms with E-state index in [1.807, 2.05) is 13.8 Å². The van der Waals surface area contributed by atoms with Gasteiger partial charge in [0.2, 0.25) is 0 Å². The van der Waals surface area contributed by atoms with E-state index in [1.165, 1.54) is 6.08 Å². The first-order valence-corrected chi connectivity index (χ1v) is 5.28. The molecule has 0 aromatic rings. The zero-order valence-electron chi connectivity index (χ0n) is 9.69. The maximum Gasteiger partial charge on any atom is 0.383 e. The molecular formula is C11H17NO4. The maximum absolute atomic E-state index is 11.2. The molecule has 90 valence electrons. The predicted molar refractivity (Wildman–Crippen MR) is 57.1 cm³/mol. The lowest BCUT2D eigenvalue weighted by atomic mass is 10.2. The van der Waals surface area contributed by atoms with Crippen LogP contribution in [0.25, 0.3) is 0 Å². The normalized spacial score (nSPS) is 10.9. The third kappa shape index (κ3) is 6.98. The van der Waals surface area contributed by atoms with Gasteiger partial charge >= 0.3 is 5.97 Å². The molecule has 0 saturated carbocycles. The lowest BCUT2D eigenvalue weighted by Gasteiger charge is -2.03. The van der Waals surface area contributed by atoms with E-state index in [1.54, 1.807) is 6.07 Å². The van der Waals surface area contributed by atoms with E-state index >= 15 is 0 Å². The van der Waals surface area contributed by atoms with E-state index in [2.05, 4.69) is 9.78 Å². The Hall–Kier alpha value is -1.38. The summed E-state index contributed by atoms with van der Waals surface area (Å²) in [5.41, 5.74) is -0.0445. The summed E-state index contributed by atoms with van der Waals surface area (Å²) in [6, 6.07) is 1.74. The Morgan fingerprint density at radius 2 is 2.06 bits per heavy atom. The summed E-state index contributed by atoms with van der Waals surface area (Å²) in [6.45, 7) is 4.99. The first-order chi connectivity index (χ1) is 7.76. The first kappa shape index (κ1) is 14.6. The predicted octanol–water partition coefficient (Wildman–Crippen LogP) is 1.75. The van der Waals surface area contributed by atoms with Crippen molar-refractivity contribution in [2.45, 2.75) is 26.7 Å². The smallest absolute Gasteiger partial charge is 0.379 e. The maximum atomic E-state index is 11.2. The summed E-state index contributed by atoms with van der Waals surface area (Å²) in [5, 5.41) is 8.60. The molecule has 0 aromatic carbocycles. The summed E-state index contributed by atoms with van der Waals surface area (Å²) in [7, 11) is 0. The summed E-state index contributed by atoms with van der Waals surface area (Å²) >= 11 is 0. The first-order valence-electron chi connectivity index (χ1n) is 5.28. The quantitative estimate of drug-likeness (QED) is 0.208. The van der Waals surface area contributed by atoms with Crippen molar-refractivity contribution in [1.29, 1.82) is 5.26 Å². The Bertz CT molecular complexity index is 268. The molecule has 5 nitrogen and oxygen atoms in total. The Balaban J connectivity index is 3.65. The fraction of sp³-hybridized carbons (Fsp3) is 0.636. The van der Waals surface area contributed by atoms with Crippen LogP contribution in [0.4, 0.5) is 0 Å². The van der Waals surface area contributed by atoms with E-state index in [0.717, 1.165) is 6.42 Å². The number of rotatable bonds is 8. The third-order valence-corrected chi connectivity index (χ3v) is 1.54. The average Bonchev–Trinajstić information content (AvgIpc) is 2.30. The second kappa shape index (κ2) is 10.1. The van der Waals surface area contributed by atoms with Crippen molar-refractivity contribution in [3.63, 3.8) is 0 Å². The summed E-state index contributed by atoms with van der Waals surface area (Å²) in [5.74, 6) is -0.764. The van der Waals surface area contributed by atoms with Gasteiger partial charge in [0.15, 0.2) is 0 Å². The van der Waals surface area contributed by atoms with Gasteiger partial charge in [0.25, 0.3) is 0 Å². The highest BCUT2D eigenvalue weighted by Gasteiger charge is 2.10. The minimum atomic E-state index is -0.764. The van der Waals surface area contributed by atoms with Crippen molar-refractivity contribution in [3.8, 4) is 6.07 Å². The Morgan fingerprint density at radius 3 is 2.62 bits per heavy atom. The molecule has 0 saturated heterocycles. The van der Waals surface area contributed by atoms with E-state index in [-0.39, 0.29) is 12.2 Å². The van der Waals surface area contributed by atoms with E-state index in [9.17, 15) is 4.79 Å². The van der Waals surface area contributed by atoms with Gasteiger partial charge in [-0.25, -0.2) is 4.79 Å². The molecule has 0 radical (unpaired) electrons. The Morgan fingerprint density at radius 1 is 1.31 bits per heavy atom. The third-order valence-electron chi connectivity index (χ3n) is 1.54. The fourth-order valence-corrected chi connectivity index (χ4v) is 0.858. The van der Waals surface area contributed by atoms with Crippen LogP contribution in [-0.2, 0) is 19.3 Å². The molecule has 0 N–H and O–H groups in total. The summed E-state index contributed by atoms with van der Waals surface area (Å²) in [4.78, 5) is 20.2. The van der Waals surface area contributed by atoms with Crippen LogP contribution in [-0.4, -0.2) is 25.8 Å². The minimum Gasteiger partial charge on any atom is -0.379 e. The van der Waals surface area contributed by atoms with Gasteiger partial charge < -0.3 is 4.74 Å². The Kier molecular flexibility index (Phi) is 9.27. The molecule has 16 heavy (non-hydrogen) atoms. The van der Waals surface area contributed by atoms with Gasteiger partial charge in [0.1, 0.15) is 18.2 Å². The van der Waals surface area contributed by atoms with E-state index in [0.29, 0.717) is 19.6 Å². The van der Waals surface area contributed by atoms with Crippen LogP contribution in [0, 0.1) is 11.3 Å². The number of ether oxygens (including phenoxy) is 1. The molecule has 0 heterocycles. The van der Waals surface area contributed by atoms with Crippen molar-refractivity contribution < 1.29 is 19.3 Å². The minimum absolute atomic E-state index is 0.0445. The summed E-state index contributed by atoms with van der Waals surface area (Å²) in [6.07, 6.45) is 3.01. The number of hydrogen-bond acceptors (Lipinski definition) is 5. The van der Waals surface area contributed by atoms with Gasteiger partial charge in [-0.1, -0.05) is 19.9 Å². The van der Waals surface area contributed by atoms with Crippen molar-refractivity contribution >= 4 is 5.97 Å². The molecule has 0 bridgehead atoms. The lowest BCUT2D eigenvalue weighted by Crippen LogP contribution is -2.11. The molecule has 0 atom stereocenters. The van der Waals surface area contributed by atoms with Crippen LogP contribution in [0.1, 0.15) is 26.7 Å². The van der Waals surface area contributed by atoms with Crippen molar-refractivity contribution in [2.75, 3.05) is 19.8 Å². The molecule has 0 rings (SSSR count). The molecule has 0 aromatic heterocycles.